The number of carbonyl (C=O) groups is 1. The maximum absolute atomic E-state index is 12.5. The first-order valence-corrected chi connectivity index (χ1v) is 5.98. The molecule has 0 saturated carbocycles. The van der Waals surface area contributed by atoms with Crippen molar-refractivity contribution in [2.24, 2.45) is 0 Å². The van der Waals surface area contributed by atoms with Crippen molar-refractivity contribution < 1.29 is 9.18 Å². The number of hydrogen-bond donors (Lipinski definition) is 1. The maximum atomic E-state index is 12.5. The number of Topliss-reactive ketones (excluding diaryl/α,β-unsaturated/α-hetero) is 1. The minimum atomic E-state index is -0.338. The summed E-state index contributed by atoms with van der Waals surface area (Å²) in [5, 5.41) is 0. The van der Waals surface area contributed by atoms with Crippen LogP contribution in [-0.4, -0.2) is 5.78 Å². The first-order valence-electron chi connectivity index (χ1n) is 5.98. The highest BCUT2D eigenvalue weighted by Gasteiger charge is 1.94. The van der Waals surface area contributed by atoms with Gasteiger partial charge in [0.1, 0.15) is 11.6 Å². The molecule has 96 valence electrons. The molecule has 1 aromatic carbocycles. The van der Waals surface area contributed by atoms with E-state index in [-0.39, 0.29) is 11.5 Å². The van der Waals surface area contributed by atoms with Crippen LogP contribution in [-0.2, 0) is 4.79 Å². The van der Waals surface area contributed by atoms with Crippen molar-refractivity contribution in [3.05, 3.63) is 29.6 Å². The third kappa shape index (κ3) is 8.43. The van der Waals surface area contributed by atoms with E-state index in [0.717, 1.165) is 18.4 Å². The van der Waals surface area contributed by atoms with Crippen LogP contribution in [0.4, 0.5) is 10.1 Å². The number of rotatable bonds is 4. The van der Waals surface area contributed by atoms with Crippen molar-refractivity contribution in [2.75, 3.05) is 5.73 Å². The van der Waals surface area contributed by atoms with E-state index in [1.165, 1.54) is 18.9 Å². The molecule has 0 saturated heterocycles. The molecular formula is C14H22FNO. The van der Waals surface area contributed by atoms with Gasteiger partial charge in [-0.15, -0.1) is 0 Å². The lowest BCUT2D eigenvalue weighted by atomic mass is 10.2. The summed E-state index contributed by atoms with van der Waals surface area (Å²) in [6.07, 6.45) is 4.24. The normalized spacial score (nSPS) is 9.41. The number of benzene rings is 1. The van der Waals surface area contributed by atoms with Gasteiger partial charge in [-0.25, -0.2) is 4.39 Å². The molecule has 0 spiro atoms. The predicted octanol–water partition coefficient (Wildman–Crippen LogP) is 3.87. The number of nitrogen functional groups attached to an aromatic ring is 1. The Kier molecular flexibility index (Phi) is 8.03. The van der Waals surface area contributed by atoms with Crippen LogP contribution in [0.1, 0.15) is 45.1 Å². The van der Waals surface area contributed by atoms with E-state index >= 15 is 0 Å². The van der Waals surface area contributed by atoms with Crippen LogP contribution in [0.15, 0.2) is 18.2 Å². The minimum absolute atomic E-state index is 0.209. The molecule has 0 radical (unpaired) electrons. The van der Waals surface area contributed by atoms with Crippen LogP contribution in [0.25, 0.3) is 0 Å². The lowest BCUT2D eigenvalue weighted by molar-refractivity contribution is -0.117. The Bertz CT molecular complexity index is 350. The summed E-state index contributed by atoms with van der Waals surface area (Å²) >= 11 is 0. The van der Waals surface area contributed by atoms with Gasteiger partial charge in [0, 0.05) is 6.42 Å². The van der Waals surface area contributed by atoms with E-state index in [9.17, 15) is 9.18 Å². The second-order valence-electron chi connectivity index (χ2n) is 4.18. The smallest absolute Gasteiger partial charge is 0.146 e. The van der Waals surface area contributed by atoms with Crippen LogP contribution in [0, 0.1) is 12.7 Å². The average molecular weight is 239 g/mol. The van der Waals surface area contributed by atoms with Gasteiger partial charge < -0.3 is 10.5 Å². The summed E-state index contributed by atoms with van der Waals surface area (Å²) < 4.78 is 12.5. The molecule has 2 nitrogen and oxygen atoms in total. The van der Waals surface area contributed by atoms with E-state index in [2.05, 4.69) is 6.92 Å². The van der Waals surface area contributed by atoms with Gasteiger partial charge >= 0.3 is 0 Å². The Labute approximate surface area is 103 Å². The topological polar surface area (TPSA) is 43.1 Å². The molecule has 0 heterocycles. The molecule has 0 amide bonds. The molecule has 0 aliphatic rings. The molecule has 3 heteroatoms. The molecule has 0 fully saturated rings. The molecule has 17 heavy (non-hydrogen) atoms. The summed E-state index contributed by atoms with van der Waals surface area (Å²) in [4.78, 5) is 10.3. The fraction of sp³-hybridized carbons (Fsp3) is 0.500. The summed E-state index contributed by atoms with van der Waals surface area (Å²) in [6, 6.07) is 4.75. The Balaban J connectivity index is 0.000000304. The third-order valence-electron chi connectivity index (χ3n) is 2.29. The summed E-state index contributed by atoms with van der Waals surface area (Å²) in [6.45, 7) is 5.61. The van der Waals surface area contributed by atoms with Crippen molar-refractivity contribution in [3.63, 3.8) is 0 Å². The molecule has 0 unspecified atom stereocenters. The summed E-state index contributed by atoms with van der Waals surface area (Å²) in [7, 11) is 0. The van der Waals surface area contributed by atoms with Crippen molar-refractivity contribution in [1.82, 2.24) is 0 Å². The van der Waals surface area contributed by atoms with Crippen LogP contribution in [0.2, 0.25) is 0 Å². The summed E-state index contributed by atoms with van der Waals surface area (Å²) in [5.41, 5.74) is 6.31. The Morgan fingerprint density at radius 2 is 2.00 bits per heavy atom. The molecule has 2 N–H and O–H groups in total. The molecule has 0 bridgehead atoms. The van der Waals surface area contributed by atoms with Crippen LogP contribution >= 0.6 is 0 Å². The lowest BCUT2D eigenvalue weighted by Crippen LogP contribution is -1.89. The van der Waals surface area contributed by atoms with Crippen molar-refractivity contribution in [3.8, 4) is 0 Å². The van der Waals surface area contributed by atoms with Gasteiger partial charge in [0.25, 0.3) is 0 Å². The van der Waals surface area contributed by atoms with Gasteiger partial charge in [-0.2, -0.15) is 0 Å². The van der Waals surface area contributed by atoms with Crippen LogP contribution in [0.5, 0.6) is 0 Å². The SMILES string of the molecule is CCCCCC(C)=O.Cc1ccc(N)c(F)c1. The highest BCUT2D eigenvalue weighted by molar-refractivity contribution is 5.75. The van der Waals surface area contributed by atoms with E-state index in [4.69, 9.17) is 5.73 Å². The quantitative estimate of drug-likeness (QED) is 0.640. The molecule has 1 rings (SSSR count). The fourth-order valence-electron chi connectivity index (χ4n) is 1.26. The lowest BCUT2D eigenvalue weighted by Gasteiger charge is -1.94. The predicted molar refractivity (Wildman–Crippen MR) is 70.4 cm³/mol. The Morgan fingerprint density at radius 1 is 1.35 bits per heavy atom. The van der Waals surface area contributed by atoms with Gasteiger partial charge in [-0.05, 0) is 38.0 Å². The highest BCUT2D eigenvalue weighted by atomic mass is 19.1. The van der Waals surface area contributed by atoms with Gasteiger partial charge in [0.15, 0.2) is 0 Å². The van der Waals surface area contributed by atoms with Crippen LogP contribution < -0.4 is 5.73 Å². The first-order chi connectivity index (χ1) is 7.97. The summed E-state index contributed by atoms with van der Waals surface area (Å²) in [5.74, 6) is -0.0200. The largest absolute Gasteiger partial charge is 0.396 e. The maximum Gasteiger partial charge on any atom is 0.146 e. The number of nitrogens with two attached hydrogens (primary N) is 1. The van der Waals surface area contributed by atoms with E-state index in [1.54, 1.807) is 19.1 Å². The molecule has 1 aromatic rings. The van der Waals surface area contributed by atoms with Gasteiger partial charge in [-0.3, -0.25) is 0 Å². The number of unbranched alkanes of at least 4 members (excludes halogenated alkanes) is 2. The Hall–Kier alpha value is -1.38. The first kappa shape index (κ1) is 15.6. The fourth-order valence-corrected chi connectivity index (χ4v) is 1.26. The molecular weight excluding hydrogens is 217 g/mol. The van der Waals surface area contributed by atoms with Gasteiger partial charge in [0.05, 0.1) is 5.69 Å². The molecule has 0 aliphatic carbocycles. The zero-order valence-electron chi connectivity index (χ0n) is 10.9. The number of hydrogen-bond acceptors (Lipinski definition) is 2. The van der Waals surface area contributed by atoms with E-state index < -0.39 is 0 Å². The minimum Gasteiger partial charge on any atom is -0.396 e. The number of ketones is 1. The zero-order chi connectivity index (χ0) is 13.3. The van der Waals surface area contributed by atoms with E-state index in [1.807, 2.05) is 6.92 Å². The number of aryl methyl sites for hydroxylation is 1. The van der Waals surface area contributed by atoms with Crippen LogP contribution in [0.3, 0.4) is 0 Å². The van der Waals surface area contributed by atoms with Crippen molar-refractivity contribution >= 4 is 11.5 Å². The molecule has 0 aliphatic heterocycles. The monoisotopic (exact) mass is 239 g/mol. The standard InChI is InChI=1S/C7H8FN.C7H14O/c1-5-2-3-7(9)6(8)4-5;1-3-4-5-6-7(2)8/h2-4H,9H2,1H3;3-6H2,1-2H3. The molecule has 0 atom stereocenters. The second kappa shape index (κ2) is 8.74. The number of anilines is 1. The van der Waals surface area contributed by atoms with Gasteiger partial charge in [-0.1, -0.05) is 25.8 Å². The number of halogens is 1. The van der Waals surface area contributed by atoms with Crippen molar-refractivity contribution in [1.29, 1.82) is 0 Å². The van der Waals surface area contributed by atoms with E-state index in [0.29, 0.717) is 5.78 Å². The number of carbonyl (C=O) groups excluding carboxylic acids is 1. The Morgan fingerprint density at radius 3 is 2.41 bits per heavy atom. The second-order valence-corrected chi connectivity index (χ2v) is 4.18. The van der Waals surface area contributed by atoms with Crippen molar-refractivity contribution in [2.45, 2.75) is 46.5 Å². The zero-order valence-corrected chi connectivity index (χ0v) is 10.9. The average Bonchev–Trinajstić information content (AvgIpc) is 2.25. The third-order valence-corrected chi connectivity index (χ3v) is 2.29. The molecule has 0 aromatic heterocycles. The van der Waals surface area contributed by atoms with Gasteiger partial charge in [0.2, 0.25) is 0 Å². The highest BCUT2D eigenvalue weighted by Crippen LogP contribution is 2.10.